The standard InChI is InChI=1S/C26H28F3N7OS/c1-25(2,37)19-5-4-6-20(31-19)32-22-21-18(26(27,28)29)15-38-23(21)34-24(33-22)30-16-7-9-17(10-8-16)36-13-11-35(3)12-14-36/h4-10,15,37H,11-14H2,1-3H3,(H2,30,31,32,33,34). The molecule has 1 fully saturated rings. The topological polar surface area (TPSA) is 89.4 Å². The predicted octanol–water partition coefficient (Wildman–Crippen LogP) is 5.57. The summed E-state index contributed by atoms with van der Waals surface area (Å²) in [5.74, 6) is 0.383. The fraction of sp³-hybridized carbons (Fsp3) is 0.346. The molecule has 1 aromatic carbocycles. The lowest BCUT2D eigenvalue weighted by Gasteiger charge is -2.34. The number of piperazine rings is 1. The highest BCUT2D eigenvalue weighted by Crippen LogP contribution is 2.41. The van der Waals surface area contributed by atoms with Crippen molar-refractivity contribution < 1.29 is 18.3 Å². The molecule has 3 aromatic heterocycles. The largest absolute Gasteiger partial charge is 0.418 e. The Balaban J connectivity index is 1.46. The molecule has 0 radical (unpaired) electrons. The molecular formula is C26H28F3N7OS. The SMILES string of the molecule is CN1CCN(c2ccc(Nc3nc(Nc4cccc(C(C)(C)O)n4)c4c(C(F)(F)F)csc4n3)cc2)CC1. The lowest BCUT2D eigenvalue weighted by atomic mass is 10.1. The monoisotopic (exact) mass is 543 g/mol. The predicted molar refractivity (Wildman–Crippen MR) is 145 cm³/mol. The highest BCUT2D eigenvalue weighted by Gasteiger charge is 2.36. The summed E-state index contributed by atoms with van der Waals surface area (Å²) < 4.78 is 41.4. The zero-order chi connectivity index (χ0) is 27.1. The molecule has 0 amide bonds. The number of halogens is 3. The Bertz CT molecular complexity index is 1430. The smallest absolute Gasteiger partial charge is 0.384 e. The molecule has 0 unspecified atom stereocenters. The molecule has 0 bridgehead atoms. The molecule has 5 rings (SSSR count). The number of aliphatic hydroxyl groups is 1. The van der Waals surface area contributed by atoms with Gasteiger partial charge in [-0.05, 0) is 57.3 Å². The Kier molecular flexibility index (Phi) is 6.88. The zero-order valence-electron chi connectivity index (χ0n) is 21.2. The summed E-state index contributed by atoms with van der Waals surface area (Å²) in [5, 5.41) is 17.3. The number of aromatic nitrogens is 3. The number of fused-ring (bicyclic) bond motifs is 1. The van der Waals surface area contributed by atoms with Gasteiger partial charge in [0.05, 0.1) is 16.6 Å². The summed E-state index contributed by atoms with van der Waals surface area (Å²) in [5.41, 5.74) is 0.145. The molecule has 1 saturated heterocycles. The number of likely N-dealkylation sites (N-methyl/N-ethyl adjacent to an activating group) is 1. The quantitative estimate of drug-likeness (QED) is 0.291. The van der Waals surface area contributed by atoms with Gasteiger partial charge >= 0.3 is 6.18 Å². The third-order valence-corrected chi connectivity index (χ3v) is 7.23. The maximum absolute atomic E-state index is 13.8. The number of rotatable bonds is 6. The molecule has 0 aliphatic carbocycles. The van der Waals surface area contributed by atoms with E-state index in [1.54, 1.807) is 32.0 Å². The number of anilines is 5. The van der Waals surface area contributed by atoms with Crippen molar-refractivity contribution in [3.05, 3.63) is 59.1 Å². The summed E-state index contributed by atoms with van der Waals surface area (Å²) in [6.45, 7) is 7.05. The number of nitrogens with one attached hydrogen (secondary N) is 2. The molecule has 4 aromatic rings. The maximum Gasteiger partial charge on any atom is 0.418 e. The molecule has 12 heteroatoms. The van der Waals surface area contributed by atoms with Gasteiger partial charge < -0.3 is 25.5 Å². The highest BCUT2D eigenvalue weighted by atomic mass is 32.1. The summed E-state index contributed by atoms with van der Waals surface area (Å²) in [6, 6.07) is 12.7. The van der Waals surface area contributed by atoms with Crippen LogP contribution in [0.1, 0.15) is 25.1 Å². The molecule has 8 nitrogen and oxygen atoms in total. The third-order valence-electron chi connectivity index (χ3n) is 6.35. The number of hydrogen-bond acceptors (Lipinski definition) is 9. The maximum atomic E-state index is 13.8. The van der Waals surface area contributed by atoms with Crippen LogP contribution in [-0.2, 0) is 11.8 Å². The number of hydrogen-bond donors (Lipinski definition) is 3. The minimum Gasteiger partial charge on any atom is -0.384 e. The minimum atomic E-state index is -4.57. The van der Waals surface area contributed by atoms with Crippen LogP contribution in [0.4, 0.5) is 42.1 Å². The van der Waals surface area contributed by atoms with Gasteiger partial charge in [0.1, 0.15) is 22.1 Å². The summed E-state index contributed by atoms with van der Waals surface area (Å²) in [4.78, 5) is 17.9. The molecule has 0 atom stereocenters. The van der Waals surface area contributed by atoms with Crippen LogP contribution in [0.2, 0.25) is 0 Å². The van der Waals surface area contributed by atoms with Crippen LogP contribution in [0, 0.1) is 0 Å². The average Bonchev–Trinajstić information content (AvgIpc) is 3.30. The molecule has 0 spiro atoms. The van der Waals surface area contributed by atoms with Crippen LogP contribution in [0.25, 0.3) is 10.2 Å². The van der Waals surface area contributed by atoms with Gasteiger partial charge in [0.2, 0.25) is 5.95 Å². The molecule has 38 heavy (non-hydrogen) atoms. The van der Waals surface area contributed by atoms with Crippen molar-refractivity contribution in [1.29, 1.82) is 0 Å². The second kappa shape index (κ2) is 10.0. The highest BCUT2D eigenvalue weighted by molar-refractivity contribution is 7.17. The van der Waals surface area contributed by atoms with E-state index in [0.29, 0.717) is 11.4 Å². The van der Waals surface area contributed by atoms with E-state index in [0.717, 1.165) is 48.6 Å². The van der Waals surface area contributed by atoms with Gasteiger partial charge in [-0.3, -0.25) is 0 Å². The Labute approximate surface area is 222 Å². The van der Waals surface area contributed by atoms with Gasteiger partial charge in [0.15, 0.2) is 0 Å². The molecule has 3 N–H and O–H groups in total. The van der Waals surface area contributed by atoms with Gasteiger partial charge in [-0.1, -0.05) is 6.07 Å². The first kappa shape index (κ1) is 26.1. The Morgan fingerprint density at radius 1 is 0.921 bits per heavy atom. The number of pyridine rings is 1. The Hall–Kier alpha value is -3.48. The van der Waals surface area contributed by atoms with E-state index in [4.69, 9.17) is 0 Å². The van der Waals surface area contributed by atoms with E-state index in [1.165, 1.54) is 0 Å². The van der Waals surface area contributed by atoms with Crippen LogP contribution < -0.4 is 15.5 Å². The first-order chi connectivity index (χ1) is 18.0. The van der Waals surface area contributed by atoms with Crippen LogP contribution in [0.5, 0.6) is 0 Å². The molecule has 1 aliphatic heterocycles. The lowest BCUT2D eigenvalue weighted by molar-refractivity contribution is -0.136. The van der Waals surface area contributed by atoms with Crippen molar-refractivity contribution in [3.63, 3.8) is 0 Å². The minimum absolute atomic E-state index is 0.0273. The van der Waals surface area contributed by atoms with E-state index in [2.05, 4.69) is 42.4 Å². The second-order valence-electron chi connectivity index (χ2n) is 9.78. The van der Waals surface area contributed by atoms with Gasteiger partial charge in [-0.2, -0.15) is 18.2 Å². The molecular weight excluding hydrogens is 515 g/mol. The summed E-state index contributed by atoms with van der Waals surface area (Å²) in [6.07, 6.45) is -4.57. The first-order valence-corrected chi connectivity index (χ1v) is 13.0. The van der Waals surface area contributed by atoms with Crippen LogP contribution in [-0.4, -0.2) is 58.2 Å². The second-order valence-corrected chi connectivity index (χ2v) is 10.6. The molecule has 200 valence electrons. The van der Waals surface area contributed by atoms with Gasteiger partial charge in [-0.15, -0.1) is 11.3 Å². The number of thiophene rings is 1. The van der Waals surface area contributed by atoms with E-state index >= 15 is 0 Å². The van der Waals surface area contributed by atoms with Crippen molar-refractivity contribution in [3.8, 4) is 0 Å². The van der Waals surface area contributed by atoms with E-state index in [-0.39, 0.29) is 27.8 Å². The average molecular weight is 544 g/mol. The number of benzene rings is 1. The molecule has 1 aliphatic rings. The van der Waals surface area contributed by atoms with Crippen molar-refractivity contribution in [2.24, 2.45) is 0 Å². The zero-order valence-corrected chi connectivity index (χ0v) is 22.0. The van der Waals surface area contributed by atoms with Crippen LogP contribution in [0.3, 0.4) is 0 Å². The van der Waals surface area contributed by atoms with Crippen molar-refractivity contribution in [1.82, 2.24) is 19.9 Å². The van der Waals surface area contributed by atoms with Crippen molar-refractivity contribution in [2.45, 2.75) is 25.6 Å². The van der Waals surface area contributed by atoms with Gasteiger partial charge in [0, 0.05) is 42.9 Å². The Morgan fingerprint density at radius 2 is 1.63 bits per heavy atom. The number of alkyl halides is 3. The summed E-state index contributed by atoms with van der Waals surface area (Å²) in [7, 11) is 2.11. The van der Waals surface area contributed by atoms with Gasteiger partial charge in [-0.25, -0.2) is 9.97 Å². The normalized spacial score (nSPS) is 15.2. The first-order valence-electron chi connectivity index (χ1n) is 12.1. The van der Waals surface area contributed by atoms with Crippen LogP contribution in [0.15, 0.2) is 47.8 Å². The number of nitrogens with zero attached hydrogens (tertiary/aromatic N) is 5. The molecule has 4 heterocycles. The summed E-state index contributed by atoms with van der Waals surface area (Å²) >= 11 is 0.897. The van der Waals surface area contributed by atoms with Crippen molar-refractivity contribution >= 4 is 50.5 Å². The fourth-order valence-electron chi connectivity index (χ4n) is 4.21. The van der Waals surface area contributed by atoms with E-state index in [9.17, 15) is 18.3 Å². The van der Waals surface area contributed by atoms with E-state index in [1.807, 2.05) is 24.3 Å². The molecule has 0 saturated carbocycles. The fourth-order valence-corrected chi connectivity index (χ4v) is 5.16. The van der Waals surface area contributed by atoms with E-state index < -0.39 is 17.3 Å². The van der Waals surface area contributed by atoms with Crippen LogP contribution >= 0.6 is 11.3 Å². The van der Waals surface area contributed by atoms with Gasteiger partial charge in [0.25, 0.3) is 0 Å². The Morgan fingerprint density at radius 3 is 2.29 bits per heavy atom. The lowest BCUT2D eigenvalue weighted by Crippen LogP contribution is -2.44. The van der Waals surface area contributed by atoms with Crippen molar-refractivity contribution in [2.75, 3.05) is 48.8 Å². The third kappa shape index (κ3) is 5.66.